The fourth-order valence-corrected chi connectivity index (χ4v) is 2.55. The maximum atomic E-state index is 6.10. The summed E-state index contributed by atoms with van der Waals surface area (Å²) in [7, 11) is 0. The zero-order chi connectivity index (χ0) is 18.4. The van der Waals surface area contributed by atoms with E-state index in [1.54, 1.807) is 6.21 Å². The molecule has 0 spiro atoms. The molecule has 0 bridgehead atoms. The minimum atomic E-state index is 0.500. The summed E-state index contributed by atoms with van der Waals surface area (Å²) in [6, 6.07) is 21.1. The number of ether oxygens (including phenoxy) is 1. The van der Waals surface area contributed by atoms with Crippen LogP contribution in [-0.2, 0) is 6.61 Å². The van der Waals surface area contributed by atoms with Gasteiger partial charge in [-0.05, 0) is 72.1 Å². The van der Waals surface area contributed by atoms with E-state index in [2.05, 4.69) is 10.5 Å². The molecule has 0 aromatic heterocycles. The molecule has 132 valence electrons. The summed E-state index contributed by atoms with van der Waals surface area (Å²) >= 11 is 12.0. The average molecular weight is 385 g/mol. The molecule has 0 saturated heterocycles. The Labute approximate surface area is 163 Å². The minimum absolute atomic E-state index is 0.500. The number of hydrazone groups is 1. The number of hydrogen-bond donors (Lipinski definition) is 1. The summed E-state index contributed by atoms with van der Waals surface area (Å²) in [4.78, 5) is 0. The molecule has 0 aliphatic heterocycles. The van der Waals surface area contributed by atoms with Crippen LogP contribution < -0.4 is 10.2 Å². The Kier molecular flexibility index (Phi) is 6.16. The Morgan fingerprint density at radius 2 is 1.69 bits per heavy atom. The molecule has 5 heteroatoms. The number of hydrogen-bond acceptors (Lipinski definition) is 3. The first kappa shape index (κ1) is 18.3. The van der Waals surface area contributed by atoms with Crippen molar-refractivity contribution in [3.63, 3.8) is 0 Å². The number of aryl methyl sites for hydroxylation is 1. The van der Waals surface area contributed by atoms with Gasteiger partial charge in [0.15, 0.2) is 0 Å². The molecule has 3 nitrogen and oxygen atoms in total. The molecule has 0 heterocycles. The Balaban J connectivity index is 1.53. The predicted octanol–water partition coefficient (Wildman–Crippen LogP) is 6.33. The van der Waals surface area contributed by atoms with Crippen LogP contribution in [0, 0.1) is 6.92 Å². The average Bonchev–Trinajstić information content (AvgIpc) is 2.65. The van der Waals surface area contributed by atoms with Crippen LogP contribution in [0.5, 0.6) is 5.75 Å². The molecule has 0 fully saturated rings. The van der Waals surface area contributed by atoms with Gasteiger partial charge >= 0.3 is 0 Å². The highest BCUT2D eigenvalue weighted by Gasteiger charge is 1.98. The number of rotatable bonds is 6. The van der Waals surface area contributed by atoms with Crippen LogP contribution in [0.3, 0.4) is 0 Å². The van der Waals surface area contributed by atoms with E-state index in [9.17, 15) is 0 Å². The molecule has 26 heavy (non-hydrogen) atoms. The summed E-state index contributed by atoms with van der Waals surface area (Å²) in [5.74, 6) is 0.801. The summed E-state index contributed by atoms with van der Waals surface area (Å²) in [6.07, 6.45) is 1.75. The van der Waals surface area contributed by atoms with E-state index >= 15 is 0 Å². The summed E-state index contributed by atoms with van der Waals surface area (Å²) < 4.78 is 5.77. The van der Waals surface area contributed by atoms with Crippen LogP contribution in [0.4, 0.5) is 5.69 Å². The Hall–Kier alpha value is -2.49. The quantitative estimate of drug-likeness (QED) is 0.398. The lowest BCUT2D eigenvalue weighted by atomic mass is 10.2. The van der Waals surface area contributed by atoms with Crippen LogP contribution in [-0.4, -0.2) is 6.21 Å². The van der Waals surface area contributed by atoms with Crippen molar-refractivity contribution < 1.29 is 4.74 Å². The molecule has 3 aromatic rings. The van der Waals surface area contributed by atoms with Crippen LogP contribution in [0.15, 0.2) is 71.8 Å². The van der Waals surface area contributed by atoms with E-state index in [0.717, 1.165) is 33.1 Å². The number of nitrogens with zero attached hydrogens (tertiary/aromatic N) is 1. The maximum Gasteiger partial charge on any atom is 0.119 e. The topological polar surface area (TPSA) is 33.6 Å². The van der Waals surface area contributed by atoms with Gasteiger partial charge in [0.1, 0.15) is 12.4 Å². The first-order valence-corrected chi connectivity index (χ1v) is 8.88. The molecule has 0 radical (unpaired) electrons. The van der Waals surface area contributed by atoms with Gasteiger partial charge in [-0.15, -0.1) is 0 Å². The zero-order valence-electron chi connectivity index (χ0n) is 14.2. The van der Waals surface area contributed by atoms with Crippen molar-refractivity contribution in [1.82, 2.24) is 0 Å². The second-order valence-electron chi connectivity index (χ2n) is 5.82. The van der Waals surface area contributed by atoms with Gasteiger partial charge in [0, 0.05) is 10.0 Å². The molecule has 3 aromatic carbocycles. The van der Waals surface area contributed by atoms with Gasteiger partial charge in [-0.25, -0.2) is 0 Å². The van der Waals surface area contributed by atoms with Gasteiger partial charge in [-0.1, -0.05) is 41.4 Å². The number of halogens is 2. The molecule has 0 atom stereocenters. The number of anilines is 1. The lowest BCUT2D eigenvalue weighted by Gasteiger charge is -2.06. The molecular formula is C21H18Cl2N2O. The summed E-state index contributed by atoms with van der Waals surface area (Å²) in [6.45, 7) is 2.46. The van der Waals surface area contributed by atoms with Crippen molar-refractivity contribution >= 4 is 35.1 Å². The Morgan fingerprint density at radius 1 is 0.962 bits per heavy atom. The van der Waals surface area contributed by atoms with E-state index in [-0.39, 0.29) is 0 Å². The van der Waals surface area contributed by atoms with Crippen molar-refractivity contribution in [3.05, 3.63) is 93.5 Å². The van der Waals surface area contributed by atoms with Crippen LogP contribution in [0.2, 0.25) is 10.0 Å². The van der Waals surface area contributed by atoms with Crippen molar-refractivity contribution in [2.45, 2.75) is 13.5 Å². The van der Waals surface area contributed by atoms with Gasteiger partial charge in [-0.2, -0.15) is 5.10 Å². The monoisotopic (exact) mass is 384 g/mol. The largest absolute Gasteiger partial charge is 0.489 e. The molecule has 1 N–H and O–H groups in total. The first-order chi connectivity index (χ1) is 12.6. The third kappa shape index (κ3) is 5.25. The smallest absolute Gasteiger partial charge is 0.119 e. The van der Waals surface area contributed by atoms with Crippen LogP contribution >= 0.6 is 23.2 Å². The number of nitrogens with one attached hydrogen (secondary N) is 1. The highest BCUT2D eigenvalue weighted by molar-refractivity contribution is 6.31. The molecule has 0 saturated carbocycles. The van der Waals surface area contributed by atoms with Gasteiger partial charge in [0.05, 0.1) is 11.9 Å². The third-order valence-electron chi connectivity index (χ3n) is 3.78. The van der Waals surface area contributed by atoms with Crippen molar-refractivity contribution in [2.75, 3.05) is 5.43 Å². The van der Waals surface area contributed by atoms with Crippen molar-refractivity contribution in [3.8, 4) is 5.75 Å². The van der Waals surface area contributed by atoms with E-state index in [1.165, 1.54) is 0 Å². The normalized spacial score (nSPS) is 10.9. The van der Waals surface area contributed by atoms with E-state index in [1.807, 2.05) is 73.7 Å². The summed E-state index contributed by atoms with van der Waals surface area (Å²) in [5, 5.41) is 5.66. The van der Waals surface area contributed by atoms with Gasteiger partial charge in [-0.3, -0.25) is 5.43 Å². The molecule has 3 rings (SSSR count). The standard InChI is InChI=1S/C21H18Cl2N2O/c1-15-2-9-19(12-21(15)23)25-24-13-16-5-10-20(11-6-16)26-14-17-3-7-18(22)8-4-17/h2-13,25H,14H2,1H3. The Bertz CT molecular complexity index is 891. The van der Waals surface area contributed by atoms with E-state index in [4.69, 9.17) is 27.9 Å². The molecule has 0 amide bonds. The van der Waals surface area contributed by atoms with Crippen molar-refractivity contribution in [2.24, 2.45) is 5.10 Å². The molecule has 0 unspecified atom stereocenters. The zero-order valence-corrected chi connectivity index (χ0v) is 15.8. The highest BCUT2D eigenvalue weighted by atomic mass is 35.5. The van der Waals surface area contributed by atoms with Crippen LogP contribution in [0.1, 0.15) is 16.7 Å². The fourth-order valence-electron chi connectivity index (χ4n) is 2.24. The van der Waals surface area contributed by atoms with E-state index < -0.39 is 0 Å². The number of benzene rings is 3. The highest BCUT2D eigenvalue weighted by Crippen LogP contribution is 2.20. The lowest BCUT2D eigenvalue weighted by molar-refractivity contribution is 0.306. The van der Waals surface area contributed by atoms with Gasteiger partial charge < -0.3 is 4.74 Å². The van der Waals surface area contributed by atoms with Crippen molar-refractivity contribution in [1.29, 1.82) is 0 Å². The lowest BCUT2D eigenvalue weighted by Crippen LogP contribution is -1.95. The fraction of sp³-hybridized carbons (Fsp3) is 0.0952. The third-order valence-corrected chi connectivity index (χ3v) is 4.44. The van der Waals surface area contributed by atoms with Gasteiger partial charge in [0.2, 0.25) is 0 Å². The summed E-state index contributed by atoms with van der Waals surface area (Å²) in [5.41, 5.74) is 6.89. The minimum Gasteiger partial charge on any atom is -0.489 e. The van der Waals surface area contributed by atoms with Crippen LogP contribution in [0.25, 0.3) is 0 Å². The van der Waals surface area contributed by atoms with E-state index in [0.29, 0.717) is 11.6 Å². The first-order valence-electron chi connectivity index (χ1n) is 8.13. The maximum absolute atomic E-state index is 6.10. The second kappa shape index (κ2) is 8.75. The molecular weight excluding hydrogens is 367 g/mol. The second-order valence-corrected chi connectivity index (χ2v) is 6.66. The molecule has 0 aliphatic rings. The Morgan fingerprint density at radius 3 is 2.38 bits per heavy atom. The molecule has 0 aliphatic carbocycles. The SMILES string of the molecule is Cc1ccc(NN=Cc2ccc(OCc3ccc(Cl)cc3)cc2)cc1Cl. The predicted molar refractivity (Wildman–Crippen MR) is 110 cm³/mol. The van der Waals surface area contributed by atoms with Gasteiger partial charge in [0.25, 0.3) is 0 Å².